The first-order valence-electron chi connectivity index (χ1n) is 6.71. The molecule has 2 rings (SSSR count). The monoisotopic (exact) mass is 388 g/mol. The summed E-state index contributed by atoms with van der Waals surface area (Å²) >= 11 is 11.8. The second-order valence-electron chi connectivity index (χ2n) is 4.70. The highest BCUT2D eigenvalue weighted by molar-refractivity contribution is 7.90. The van der Waals surface area contributed by atoms with Gasteiger partial charge in [0.2, 0.25) is 0 Å². The summed E-state index contributed by atoms with van der Waals surface area (Å²) in [5.41, 5.74) is 0.676. The molecule has 0 radical (unpaired) electrons. The maximum atomic E-state index is 12.2. The second kappa shape index (κ2) is 7.85. The third kappa shape index (κ3) is 4.85. The maximum absolute atomic E-state index is 12.2. The van der Waals surface area contributed by atoms with E-state index in [1.54, 1.807) is 24.3 Å². The van der Waals surface area contributed by atoms with Gasteiger partial charge in [-0.25, -0.2) is 4.79 Å². The third-order valence-electron chi connectivity index (χ3n) is 3.04. The molecule has 0 aromatic heterocycles. The zero-order valence-corrected chi connectivity index (χ0v) is 14.9. The van der Waals surface area contributed by atoms with Crippen molar-refractivity contribution in [3.63, 3.8) is 0 Å². The fraction of sp³-hybridized carbons (Fsp3) is 0.133. The normalized spacial score (nSPS) is 11.1. The molecule has 0 bridgehead atoms. The van der Waals surface area contributed by atoms with E-state index in [9.17, 15) is 13.2 Å². The van der Waals surface area contributed by atoms with Crippen LogP contribution in [-0.4, -0.2) is 21.5 Å². The lowest BCUT2D eigenvalue weighted by Gasteiger charge is -2.13. The summed E-state index contributed by atoms with van der Waals surface area (Å²) < 4.78 is 33.6. The molecule has 0 aliphatic carbocycles. The number of esters is 1. The number of rotatable bonds is 6. The summed E-state index contributed by atoms with van der Waals surface area (Å²) in [4.78, 5) is 11.7. The number of ether oxygens (including phenoxy) is 1. The molecule has 0 spiro atoms. The number of anilines is 1. The molecule has 0 aliphatic heterocycles. The molecule has 0 atom stereocenters. The minimum Gasteiger partial charge on any atom is -0.465 e. The minimum absolute atomic E-state index is 0.0108. The number of benzene rings is 2. The number of halogens is 2. The zero-order valence-electron chi connectivity index (χ0n) is 12.5. The second-order valence-corrected chi connectivity index (χ2v) is 7.04. The molecule has 24 heavy (non-hydrogen) atoms. The first-order valence-corrected chi connectivity index (χ1v) is 8.95. The van der Waals surface area contributed by atoms with Gasteiger partial charge < -0.3 is 4.74 Å². The van der Waals surface area contributed by atoms with Crippen LogP contribution in [0.15, 0.2) is 42.5 Å². The Balaban J connectivity index is 2.19. The fourth-order valence-electron chi connectivity index (χ4n) is 1.88. The largest absolute Gasteiger partial charge is 0.465 e. The van der Waals surface area contributed by atoms with Gasteiger partial charge >= 0.3 is 5.97 Å². The summed E-state index contributed by atoms with van der Waals surface area (Å²) in [6.07, 6.45) is 0. The van der Waals surface area contributed by atoms with E-state index in [0.717, 1.165) is 0 Å². The van der Waals surface area contributed by atoms with Crippen molar-refractivity contribution < 1.29 is 17.9 Å². The predicted molar refractivity (Wildman–Crippen MR) is 93.6 cm³/mol. The highest BCUT2D eigenvalue weighted by atomic mass is 35.5. The predicted octanol–water partition coefficient (Wildman–Crippen LogP) is 3.23. The first kappa shape index (κ1) is 18.5. The quantitative estimate of drug-likeness (QED) is 0.743. The van der Waals surface area contributed by atoms with Crippen molar-refractivity contribution in [2.75, 3.05) is 11.8 Å². The van der Waals surface area contributed by atoms with E-state index >= 15 is 0 Å². The van der Waals surface area contributed by atoms with E-state index in [1.165, 1.54) is 25.3 Å². The van der Waals surface area contributed by atoms with Crippen LogP contribution < -0.4 is 9.44 Å². The Bertz CT molecular complexity index is 856. The number of hydrogen-bond acceptors (Lipinski definition) is 4. The smallest absolute Gasteiger partial charge is 0.339 e. The molecule has 0 aliphatic rings. The van der Waals surface area contributed by atoms with Gasteiger partial charge in [0.15, 0.2) is 0 Å². The third-order valence-corrected chi connectivity index (χ3v) is 4.66. The van der Waals surface area contributed by atoms with E-state index in [2.05, 4.69) is 14.2 Å². The Labute approximate surface area is 149 Å². The van der Waals surface area contributed by atoms with Crippen molar-refractivity contribution in [2.45, 2.75) is 6.54 Å². The van der Waals surface area contributed by atoms with Gasteiger partial charge in [0.05, 0.1) is 18.4 Å². The Kier molecular flexibility index (Phi) is 6.06. The number of methoxy groups -OCH3 is 1. The van der Waals surface area contributed by atoms with Crippen molar-refractivity contribution >= 4 is 45.1 Å². The molecule has 0 unspecified atom stereocenters. The first-order chi connectivity index (χ1) is 11.3. The van der Waals surface area contributed by atoms with Crippen LogP contribution in [0.1, 0.15) is 15.9 Å². The molecular weight excluding hydrogens is 375 g/mol. The molecular formula is C15H14Cl2N2O4S. The summed E-state index contributed by atoms with van der Waals surface area (Å²) in [6.45, 7) is -0.0108. The van der Waals surface area contributed by atoms with Crippen LogP contribution in [0.25, 0.3) is 0 Å². The molecule has 9 heteroatoms. The average Bonchev–Trinajstić information content (AvgIpc) is 2.53. The van der Waals surface area contributed by atoms with Gasteiger partial charge in [-0.1, -0.05) is 41.4 Å². The number of hydrogen-bond donors (Lipinski definition) is 2. The van der Waals surface area contributed by atoms with Crippen LogP contribution in [0.4, 0.5) is 5.69 Å². The fourth-order valence-corrected chi connectivity index (χ4v) is 3.13. The van der Waals surface area contributed by atoms with Crippen LogP contribution >= 0.6 is 23.2 Å². The van der Waals surface area contributed by atoms with Gasteiger partial charge in [-0.15, -0.1) is 0 Å². The Morgan fingerprint density at radius 2 is 1.88 bits per heavy atom. The molecule has 6 nitrogen and oxygen atoms in total. The standard InChI is InChI=1S/C15H14Cl2N2O4S/c1-23-15(20)12-7-6-11(16)8-14(12)19-24(21,22)18-9-10-4-2-3-5-13(10)17/h2-8,18-19H,9H2,1H3. The van der Waals surface area contributed by atoms with E-state index in [0.29, 0.717) is 10.6 Å². The van der Waals surface area contributed by atoms with Gasteiger partial charge in [-0.3, -0.25) is 4.72 Å². The highest BCUT2D eigenvalue weighted by Gasteiger charge is 2.18. The van der Waals surface area contributed by atoms with Crippen molar-refractivity contribution in [2.24, 2.45) is 0 Å². The zero-order chi connectivity index (χ0) is 17.7. The lowest BCUT2D eigenvalue weighted by Crippen LogP contribution is -2.30. The van der Waals surface area contributed by atoms with Gasteiger partial charge in [0, 0.05) is 16.6 Å². The van der Waals surface area contributed by atoms with E-state index in [-0.39, 0.29) is 22.8 Å². The van der Waals surface area contributed by atoms with Crippen LogP contribution in [0.2, 0.25) is 10.0 Å². The van der Waals surface area contributed by atoms with Crippen LogP contribution in [-0.2, 0) is 21.5 Å². The van der Waals surface area contributed by atoms with Gasteiger partial charge in [0.1, 0.15) is 0 Å². The average molecular weight is 389 g/mol. The number of nitrogens with one attached hydrogen (secondary N) is 2. The van der Waals surface area contributed by atoms with Crippen molar-refractivity contribution in [3.05, 3.63) is 63.6 Å². The highest BCUT2D eigenvalue weighted by Crippen LogP contribution is 2.23. The van der Waals surface area contributed by atoms with Crippen LogP contribution in [0.3, 0.4) is 0 Å². The maximum Gasteiger partial charge on any atom is 0.339 e. The Morgan fingerprint density at radius 1 is 1.17 bits per heavy atom. The Morgan fingerprint density at radius 3 is 2.54 bits per heavy atom. The SMILES string of the molecule is COC(=O)c1ccc(Cl)cc1NS(=O)(=O)NCc1ccccc1Cl. The Hall–Kier alpha value is -1.80. The number of carbonyl (C=O) groups is 1. The molecule has 2 aromatic rings. The topological polar surface area (TPSA) is 84.5 Å². The summed E-state index contributed by atoms with van der Waals surface area (Å²) in [5.74, 6) is -0.685. The van der Waals surface area contributed by atoms with Crippen LogP contribution in [0, 0.1) is 0 Å². The summed E-state index contributed by atoms with van der Waals surface area (Å²) in [6, 6.07) is 11.0. The van der Waals surface area contributed by atoms with E-state index < -0.39 is 16.2 Å². The van der Waals surface area contributed by atoms with E-state index in [4.69, 9.17) is 23.2 Å². The summed E-state index contributed by atoms with van der Waals surface area (Å²) in [7, 11) is -2.76. The van der Waals surface area contributed by atoms with Gasteiger partial charge in [0.25, 0.3) is 10.2 Å². The lowest BCUT2D eigenvalue weighted by atomic mass is 10.2. The molecule has 0 fully saturated rings. The molecule has 0 heterocycles. The molecule has 0 saturated heterocycles. The van der Waals surface area contributed by atoms with Gasteiger partial charge in [-0.05, 0) is 29.8 Å². The molecule has 0 saturated carbocycles. The van der Waals surface area contributed by atoms with Gasteiger partial charge in [-0.2, -0.15) is 13.1 Å². The summed E-state index contributed by atoms with van der Waals surface area (Å²) in [5, 5.41) is 0.713. The van der Waals surface area contributed by atoms with Crippen molar-refractivity contribution in [1.29, 1.82) is 0 Å². The van der Waals surface area contributed by atoms with Crippen LogP contribution in [0.5, 0.6) is 0 Å². The number of carbonyl (C=O) groups excluding carboxylic acids is 1. The lowest BCUT2D eigenvalue weighted by molar-refractivity contribution is 0.0602. The minimum atomic E-state index is -3.96. The molecule has 0 amide bonds. The van der Waals surface area contributed by atoms with E-state index in [1.807, 2.05) is 0 Å². The molecule has 128 valence electrons. The molecule has 2 aromatic carbocycles. The van der Waals surface area contributed by atoms with Crippen molar-refractivity contribution in [1.82, 2.24) is 4.72 Å². The van der Waals surface area contributed by atoms with Crippen molar-refractivity contribution in [3.8, 4) is 0 Å². The molecule has 2 N–H and O–H groups in total.